The van der Waals surface area contributed by atoms with E-state index in [1.165, 1.54) is 5.56 Å². The Morgan fingerprint density at radius 3 is 2.39 bits per heavy atom. The van der Waals surface area contributed by atoms with Crippen LogP contribution in [-0.4, -0.2) is 26.4 Å². The summed E-state index contributed by atoms with van der Waals surface area (Å²) in [5.74, 6) is 0.942. The molecule has 0 aliphatic carbocycles. The molecule has 0 aliphatic heterocycles. The van der Waals surface area contributed by atoms with E-state index < -0.39 is 0 Å². The molecule has 0 radical (unpaired) electrons. The van der Waals surface area contributed by atoms with E-state index in [-0.39, 0.29) is 6.10 Å². The number of hydrogen-bond acceptors (Lipinski definition) is 3. The van der Waals surface area contributed by atoms with Crippen molar-refractivity contribution in [2.24, 2.45) is 0 Å². The van der Waals surface area contributed by atoms with E-state index in [0.717, 1.165) is 25.3 Å². The topological polar surface area (TPSA) is 30.5 Å². The summed E-state index contributed by atoms with van der Waals surface area (Å²) >= 11 is 0. The second-order valence-electron chi connectivity index (χ2n) is 4.57. The van der Waals surface area contributed by atoms with Crippen LogP contribution in [0, 0.1) is 0 Å². The molecule has 1 aromatic carbocycles. The van der Waals surface area contributed by atoms with Gasteiger partial charge in [-0.2, -0.15) is 0 Å². The van der Waals surface area contributed by atoms with Crippen LogP contribution in [0.25, 0.3) is 0 Å². The first-order valence-corrected chi connectivity index (χ1v) is 6.66. The van der Waals surface area contributed by atoms with Crippen molar-refractivity contribution in [1.82, 2.24) is 5.32 Å². The lowest BCUT2D eigenvalue weighted by atomic mass is 10.1. The van der Waals surface area contributed by atoms with Gasteiger partial charge in [-0.3, -0.25) is 0 Å². The molecule has 0 spiro atoms. The largest absolute Gasteiger partial charge is 0.491 e. The molecule has 3 nitrogen and oxygen atoms in total. The number of ether oxygens (including phenoxy) is 2. The van der Waals surface area contributed by atoms with Crippen LogP contribution >= 0.6 is 0 Å². The monoisotopic (exact) mass is 251 g/mol. The highest BCUT2D eigenvalue weighted by atomic mass is 16.5. The molecule has 0 fully saturated rings. The fourth-order valence-corrected chi connectivity index (χ4v) is 1.65. The Morgan fingerprint density at radius 1 is 1.17 bits per heavy atom. The molecule has 1 aromatic rings. The molecule has 3 heteroatoms. The molecule has 0 saturated heterocycles. The highest BCUT2D eigenvalue weighted by Gasteiger charge is 2.05. The lowest BCUT2D eigenvalue weighted by Crippen LogP contribution is -2.22. The third kappa shape index (κ3) is 5.07. The fourth-order valence-electron chi connectivity index (χ4n) is 1.65. The van der Waals surface area contributed by atoms with Crippen LogP contribution in [0.2, 0.25) is 0 Å². The summed E-state index contributed by atoms with van der Waals surface area (Å²) in [4.78, 5) is 0. The second kappa shape index (κ2) is 8.11. The minimum absolute atomic E-state index is 0.271. The highest BCUT2D eigenvalue weighted by Crippen LogP contribution is 2.18. The van der Waals surface area contributed by atoms with E-state index in [1.807, 2.05) is 12.1 Å². The SMILES string of the molecule is CC[C@H](C)Oc1ccc([C@H](C)NCCOC)cc1. The third-order valence-corrected chi connectivity index (χ3v) is 3.05. The smallest absolute Gasteiger partial charge is 0.119 e. The van der Waals surface area contributed by atoms with Gasteiger partial charge in [0.2, 0.25) is 0 Å². The van der Waals surface area contributed by atoms with E-state index in [9.17, 15) is 0 Å². The molecule has 0 bridgehead atoms. The molecule has 2 atom stereocenters. The molecule has 0 amide bonds. The predicted molar refractivity (Wildman–Crippen MR) is 75.1 cm³/mol. The standard InChI is InChI=1S/C15H25NO2/c1-5-12(2)18-15-8-6-14(7-9-15)13(3)16-10-11-17-4/h6-9,12-13,16H,5,10-11H2,1-4H3/t12-,13-/m0/s1. The summed E-state index contributed by atoms with van der Waals surface area (Å²) < 4.78 is 10.8. The maximum atomic E-state index is 5.76. The van der Waals surface area contributed by atoms with E-state index in [1.54, 1.807) is 7.11 Å². The molecule has 0 saturated carbocycles. The van der Waals surface area contributed by atoms with Crippen molar-refractivity contribution in [3.63, 3.8) is 0 Å². The van der Waals surface area contributed by atoms with Crippen molar-refractivity contribution in [2.45, 2.75) is 39.3 Å². The van der Waals surface area contributed by atoms with Crippen LogP contribution < -0.4 is 10.1 Å². The first kappa shape index (κ1) is 15.0. The first-order valence-electron chi connectivity index (χ1n) is 6.66. The summed E-state index contributed by atoms with van der Waals surface area (Å²) in [5, 5.41) is 3.41. The Bertz CT molecular complexity index is 324. The van der Waals surface area contributed by atoms with Gasteiger partial charge in [-0.1, -0.05) is 19.1 Å². The van der Waals surface area contributed by atoms with Crippen molar-refractivity contribution in [2.75, 3.05) is 20.3 Å². The number of benzene rings is 1. The molecule has 0 heterocycles. The van der Waals surface area contributed by atoms with Gasteiger partial charge in [0.1, 0.15) is 5.75 Å². The van der Waals surface area contributed by atoms with Crippen molar-refractivity contribution < 1.29 is 9.47 Å². The van der Waals surface area contributed by atoms with Gasteiger partial charge in [0.25, 0.3) is 0 Å². The van der Waals surface area contributed by atoms with Gasteiger partial charge in [-0.25, -0.2) is 0 Å². The Hall–Kier alpha value is -1.06. The molecule has 18 heavy (non-hydrogen) atoms. The van der Waals surface area contributed by atoms with Gasteiger partial charge in [-0.05, 0) is 38.0 Å². The Balaban J connectivity index is 2.48. The van der Waals surface area contributed by atoms with Gasteiger partial charge >= 0.3 is 0 Å². The number of rotatable bonds is 8. The third-order valence-electron chi connectivity index (χ3n) is 3.05. The van der Waals surface area contributed by atoms with Crippen LogP contribution in [0.3, 0.4) is 0 Å². The zero-order valence-corrected chi connectivity index (χ0v) is 11.9. The van der Waals surface area contributed by atoms with E-state index >= 15 is 0 Å². The average molecular weight is 251 g/mol. The molecule has 1 N–H and O–H groups in total. The van der Waals surface area contributed by atoms with Crippen molar-refractivity contribution in [1.29, 1.82) is 0 Å². The number of nitrogens with one attached hydrogen (secondary N) is 1. The molecule has 0 unspecified atom stereocenters. The Labute approximate surface area is 110 Å². The van der Waals surface area contributed by atoms with Gasteiger partial charge in [0.05, 0.1) is 12.7 Å². The summed E-state index contributed by atoms with van der Waals surface area (Å²) in [7, 11) is 1.72. The van der Waals surface area contributed by atoms with Gasteiger partial charge in [0.15, 0.2) is 0 Å². The van der Waals surface area contributed by atoms with E-state index in [2.05, 4.69) is 38.2 Å². The van der Waals surface area contributed by atoms with Crippen LogP contribution in [0.1, 0.15) is 38.8 Å². The summed E-state index contributed by atoms with van der Waals surface area (Å²) in [6.07, 6.45) is 1.30. The normalized spacial score (nSPS) is 14.2. The van der Waals surface area contributed by atoms with Gasteiger partial charge < -0.3 is 14.8 Å². The van der Waals surface area contributed by atoms with Crippen molar-refractivity contribution in [3.8, 4) is 5.75 Å². The lowest BCUT2D eigenvalue weighted by molar-refractivity contribution is 0.196. The first-order chi connectivity index (χ1) is 8.67. The van der Waals surface area contributed by atoms with Gasteiger partial charge in [0, 0.05) is 19.7 Å². The zero-order chi connectivity index (χ0) is 13.4. The van der Waals surface area contributed by atoms with Crippen LogP contribution in [-0.2, 0) is 4.74 Å². The molecule has 0 aliphatic rings. The lowest BCUT2D eigenvalue weighted by Gasteiger charge is -2.16. The molecular formula is C15H25NO2. The van der Waals surface area contributed by atoms with Crippen molar-refractivity contribution >= 4 is 0 Å². The molecule has 1 rings (SSSR count). The van der Waals surface area contributed by atoms with E-state index in [0.29, 0.717) is 6.04 Å². The minimum Gasteiger partial charge on any atom is -0.491 e. The minimum atomic E-state index is 0.271. The Kier molecular flexibility index (Phi) is 6.76. The zero-order valence-electron chi connectivity index (χ0n) is 11.9. The second-order valence-corrected chi connectivity index (χ2v) is 4.57. The number of hydrogen-bond donors (Lipinski definition) is 1. The van der Waals surface area contributed by atoms with Crippen LogP contribution in [0.4, 0.5) is 0 Å². The molecular weight excluding hydrogens is 226 g/mol. The fraction of sp³-hybridized carbons (Fsp3) is 0.600. The van der Waals surface area contributed by atoms with Crippen LogP contribution in [0.15, 0.2) is 24.3 Å². The van der Waals surface area contributed by atoms with Crippen molar-refractivity contribution in [3.05, 3.63) is 29.8 Å². The maximum absolute atomic E-state index is 5.76. The predicted octanol–water partition coefficient (Wildman–Crippen LogP) is 3.16. The molecule has 102 valence electrons. The maximum Gasteiger partial charge on any atom is 0.119 e. The average Bonchev–Trinajstić information content (AvgIpc) is 2.39. The summed E-state index contributed by atoms with van der Waals surface area (Å²) in [6.45, 7) is 7.96. The van der Waals surface area contributed by atoms with Gasteiger partial charge in [-0.15, -0.1) is 0 Å². The summed E-state index contributed by atoms with van der Waals surface area (Å²) in [5.41, 5.74) is 1.27. The quantitative estimate of drug-likeness (QED) is 0.720. The number of methoxy groups -OCH3 is 1. The highest BCUT2D eigenvalue weighted by molar-refractivity contribution is 5.29. The molecule has 0 aromatic heterocycles. The van der Waals surface area contributed by atoms with Crippen LogP contribution in [0.5, 0.6) is 5.75 Å². The Morgan fingerprint density at radius 2 is 1.83 bits per heavy atom. The van der Waals surface area contributed by atoms with E-state index in [4.69, 9.17) is 9.47 Å². The summed E-state index contributed by atoms with van der Waals surface area (Å²) in [6, 6.07) is 8.63.